The van der Waals surface area contributed by atoms with Gasteiger partial charge in [0.2, 0.25) is 0 Å². The van der Waals surface area contributed by atoms with Crippen molar-refractivity contribution in [2.24, 2.45) is 0 Å². The number of rotatable bonds is 5. The first-order chi connectivity index (χ1) is 12.8. The van der Waals surface area contributed by atoms with Crippen LogP contribution in [0.15, 0.2) is 47.4 Å². The third-order valence-corrected chi connectivity index (χ3v) is 6.10. The van der Waals surface area contributed by atoms with E-state index in [1.165, 1.54) is 13.2 Å². The number of sulfonamides is 1. The summed E-state index contributed by atoms with van der Waals surface area (Å²) in [7, 11) is -2.29. The highest BCUT2D eigenvalue weighted by Gasteiger charge is 2.25. The zero-order valence-corrected chi connectivity index (χ0v) is 17.8. The molecule has 1 saturated heterocycles. The van der Waals surface area contributed by atoms with Crippen LogP contribution in [0.4, 0.5) is 17.1 Å². The van der Waals surface area contributed by atoms with Crippen LogP contribution in [0.25, 0.3) is 0 Å². The molecule has 1 aliphatic rings. The molecular weight excluding hydrogens is 400 g/mol. The Kier molecular flexibility index (Phi) is 7.03. The number of nitrogens with one attached hydrogen (secondary N) is 2. The predicted octanol–water partition coefficient (Wildman–Crippen LogP) is 2.69. The molecule has 2 aromatic rings. The number of nitrogen functional groups attached to an aromatic ring is 1. The molecular formula is C19H27ClN4O3S. The Morgan fingerprint density at radius 2 is 1.93 bits per heavy atom. The first kappa shape index (κ1) is 22.1. The van der Waals surface area contributed by atoms with Gasteiger partial charge in [0, 0.05) is 25.2 Å². The van der Waals surface area contributed by atoms with Gasteiger partial charge in [0.05, 0.1) is 29.1 Å². The van der Waals surface area contributed by atoms with E-state index in [4.69, 9.17) is 10.5 Å². The number of ether oxygens (including phenoxy) is 1. The summed E-state index contributed by atoms with van der Waals surface area (Å²) >= 11 is 0. The number of benzene rings is 2. The molecule has 0 aliphatic carbocycles. The number of nitrogens with zero attached hydrogens (tertiary/aromatic N) is 1. The second-order valence-electron chi connectivity index (χ2n) is 6.84. The van der Waals surface area contributed by atoms with Crippen LogP contribution in [-0.2, 0) is 10.0 Å². The van der Waals surface area contributed by atoms with Crippen LogP contribution in [0, 0.1) is 0 Å². The summed E-state index contributed by atoms with van der Waals surface area (Å²) in [5.74, 6) is 0.453. The number of anilines is 3. The molecule has 1 fully saturated rings. The van der Waals surface area contributed by atoms with E-state index in [2.05, 4.69) is 28.8 Å². The molecule has 28 heavy (non-hydrogen) atoms. The zero-order chi connectivity index (χ0) is 19.6. The monoisotopic (exact) mass is 426 g/mol. The Labute approximate surface area is 172 Å². The molecule has 2 atom stereocenters. The fraction of sp³-hybridized carbons (Fsp3) is 0.368. The van der Waals surface area contributed by atoms with E-state index in [0.29, 0.717) is 23.2 Å². The van der Waals surface area contributed by atoms with Gasteiger partial charge in [-0.05, 0) is 44.2 Å². The minimum atomic E-state index is -3.78. The summed E-state index contributed by atoms with van der Waals surface area (Å²) in [6, 6.07) is 12.4. The second-order valence-corrected chi connectivity index (χ2v) is 8.52. The Bertz CT molecular complexity index is 923. The Morgan fingerprint density at radius 1 is 1.21 bits per heavy atom. The molecule has 9 heteroatoms. The molecule has 0 amide bonds. The van der Waals surface area contributed by atoms with Crippen LogP contribution in [0.1, 0.15) is 13.8 Å². The molecule has 4 N–H and O–H groups in total. The second kappa shape index (κ2) is 8.89. The summed E-state index contributed by atoms with van der Waals surface area (Å²) in [6.07, 6.45) is 0. The topological polar surface area (TPSA) is 96.7 Å². The molecule has 3 rings (SSSR count). The summed E-state index contributed by atoms with van der Waals surface area (Å²) in [5.41, 5.74) is 7.91. The molecule has 154 valence electrons. The third kappa shape index (κ3) is 4.63. The average molecular weight is 427 g/mol. The highest BCUT2D eigenvalue weighted by Crippen LogP contribution is 2.31. The molecule has 0 radical (unpaired) electrons. The minimum Gasteiger partial charge on any atom is -0.495 e. The number of hydrogen-bond donors (Lipinski definition) is 3. The molecule has 0 unspecified atom stereocenters. The van der Waals surface area contributed by atoms with E-state index in [0.717, 1.165) is 18.8 Å². The molecule has 0 aromatic heterocycles. The molecule has 7 nitrogen and oxygen atoms in total. The van der Waals surface area contributed by atoms with Gasteiger partial charge in [-0.3, -0.25) is 4.72 Å². The van der Waals surface area contributed by atoms with Crippen LogP contribution in [0.5, 0.6) is 5.75 Å². The van der Waals surface area contributed by atoms with Gasteiger partial charge in [-0.15, -0.1) is 12.4 Å². The number of halogens is 1. The standard InChI is InChI=1S/C19H26N4O3S.ClH/c1-13-12-23(14(2)11-21-13)18-9-8-15(10-16(18)20)27(24,25)22-17-6-4-5-7-19(17)26-3;/h4-10,13-14,21-22H,11-12,20H2,1-3H3;1H/t13-,14+;/m1./s1. The molecule has 1 heterocycles. The Morgan fingerprint density at radius 3 is 2.61 bits per heavy atom. The van der Waals surface area contributed by atoms with Crippen LogP contribution in [0.2, 0.25) is 0 Å². The van der Waals surface area contributed by atoms with Crippen LogP contribution >= 0.6 is 12.4 Å². The Hall–Kier alpha value is -2.16. The van der Waals surface area contributed by atoms with Gasteiger partial charge in [-0.2, -0.15) is 0 Å². The van der Waals surface area contributed by atoms with Crippen molar-refractivity contribution in [3.63, 3.8) is 0 Å². The lowest BCUT2D eigenvalue weighted by Crippen LogP contribution is -2.54. The third-order valence-electron chi connectivity index (χ3n) is 4.73. The van der Waals surface area contributed by atoms with Crippen LogP contribution in [-0.4, -0.2) is 40.7 Å². The maximum atomic E-state index is 12.8. The van der Waals surface area contributed by atoms with E-state index in [-0.39, 0.29) is 23.3 Å². The van der Waals surface area contributed by atoms with E-state index in [1.54, 1.807) is 36.4 Å². The maximum Gasteiger partial charge on any atom is 0.262 e. The van der Waals surface area contributed by atoms with Gasteiger partial charge in [0.15, 0.2) is 0 Å². The van der Waals surface area contributed by atoms with E-state index < -0.39 is 10.0 Å². The van der Waals surface area contributed by atoms with Gasteiger partial charge < -0.3 is 20.7 Å². The molecule has 0 spiro atoms. The highest BCUT2D eigenvalue weighted by molar-refractivity contribution is 7.92. The number of piperazine rings is 1. The number of methoxy groups -OCH3 is 1. The van der Waals surface area contributed by atoms with Gasteiger partial charge in [0.1, 0.15) is 5.75 Å². The van der Waals surface area contributed by atoms with Gasteiger partial charge in [-0.1, -0.05) is 12.1 Å². The lowest BCUT2D eigenvalue weighted by Gasteiger charge is -2.39. The smallest absolute Gasteiger partial charge is 0.262 e. The van der Waals surface area contributed by atoms with Crippen molar-refractivity contribution in [1.82, 2.24) is 5.32 Å². The van der Waals surface area contributed by atoms with Gasteiger partial charge in [-0.25, -0.2) is 8.42 Å². The van der Waals surface area contributed by atoms with E-state index >= 15 is 0 Å². The highest BCUT2D eigenvalue weighted by atomic mass is 35.5. The normalized spacial score (nSPS) is 19.6. The first-order valence-electron chi connectivity index (χ1n) is 8.87. The summed E-state index contributed by atoms with van der Waals surface area (Å²) in [5, 5.41) is 3.42. The number of hydrogen-bond acceptors (Lipinski definition) is 6. The van der Waals surface area contributed by atoms with Crippen molar-refractivity contribution in [3.8, 4) is 5.75 Å². The summed E-state index contributed by atoms with van der Waals surface area (Å²) in [4.78, 5) is 2.33. The van der Waals surface area contributed by atoms with Crippen molar-refractivity contribution in [3.05, 3.63) is 42.5 Å². The lowest BCUT2D eigenvalue weighted by molar-refractivity contribution is 0.417. The fourth-order valence-electron chi connectivity index (χ4n) is 3.25. The minimum absolute atomic E-state index is 0. The van der Waals surface area contributed by atoms with Crippen molar-refractivity contribution >= 4 is 39.5 Å². The molecule has 1 aliphatic heterocycles. The van der Waals surface area contributed by atoms with Crippen molar-refractivity contribution < 1.29 is 13.2 Å². The molecule has 0 saturated carbocycles. The predicted molar refractivity (Wildman–Crippen MR) is 116 cm³/mol. The first-order valence-corrected chi connectivity index (χ1v) is 10.4. The fourth-order valence-corrected chi connectivity index (χ4v) is 4.36. The Balaban J connectivity index is 0.00000280. The van der Waals surface area contributed by atoms with Crippen LogP contribution < -0.4 is 25.4 Å². The largest absolute Gasteiger partial charge is 0.495 e. The number of para-hydroxylation sites is 2. The van der Waals surface area contributed by atoms with Crippen molar-refractivity contribution in [2.75, 3.05) is 35.6 Å². The van der Waals surface area contributed by atoms with Crippen LogP contribution in [0.3, 0.4) is 0 Å². The van der Waals surface area contributed by atoms with Crippen molar-refractivity contribution in [2.45, 2.75) is 30.8 Å². The maximum absolute atomic E-state index is 12.8. The van der Waals surface area contributed by atoms with E-state index in [1.807, 2.05) is 0 Å². The van der Waals surface area contributed by atoms with Crippen molar-refractivity contribution in [1.29, 1.82) is 0 Å². The summed E-state index contributed by atoms with van der Waals surface area (Å²) in [6.45, 7) is 5.91. The van der Waals surface area contributed by atoms with Gasteiger partial charge >= 0.3 is 0 Å². The molecule has 0 bridgehead atoms. The van der Waals surface area contributed by atoms with Gasteiger partial charge in [0.25, 0.3) is 10.0 Å². The zero-order valence-electron chi connectivity index (χ0n) is 16.2. The average Bonchev–Trinajstić information content (AvgIpc) is 2.64. The van der Waals surface area contributed by atoms with E-state index in [9.17, 15) is 8.42 Å². The quantitative estimate of drug-likeness (QED) is 0.636. The molecule has 2 aromatic carbocycles. The lowest BCUT2D eigenvalue weighted by atomic mass is 10.1. The number of nitrogens with two attached hydrogens (primary N) is 1. The SMILES string of the molecule is COc1ccccc1NS(=O)(=O)c1ccc(N2C[C@@H](C)NC[C@@H]2C)c(N)c1.Cl. The summed E-state index contributed by atoms with van der Waals surface area (Å²) < 4.78 is 33.3.